The molecule has 1 amide bonds. The molecule has 0 aliphatic rings. The highest BCUT2D eigenvalue weighted by molar-refractivity contribution is 9.10. The zero-order valence-electron chi connectivity index (χ0n) is 11.4. The molecule has 0 aliphatic heterocycles. The number of hydrogen-bond donors (Lipinski definition) is 2. The van der Waals surface area contributed by atoms with Crippen molar-refractivity contribution in [2.45, 2.75) is 13.3 Å². The lowest BCUT2D eigenvalue weighted by Crippen LogP contribution is -2.15. The van der Waals surface area contributed by atoms with Gasteiger partial charge in [0, 0.05) is 11.0 Å². The monoisotopic (exact) mass is 368 g/mol. The van der Waals surface area contributed by atoms with Gasteiger partial charge in [-0.1, -0.05) is 34.5 Å². The molecule has 0 saturated carbocycles. The number of amides is 1. The molecular weight excluding hydrogens is 356 g/mol. The molecule has 110 valence electrons. The van der Waals surface area contributed by atoms with Crippen molar-refractivity contribution in [3.05, 3.63) is 45.8 Å². The van der Waals surface area contributed by atoms with Gasteiger partial charge in [0.1, 0.15) is 11.5 Å². The lowest BCUT2D eigenvalue weighted by atomic mass is 10.3. The van der Waals surface area contributed by atoms with Gasteiger partial charge >= 0.3 is 0 Å². The van der Waals surface area contributed by atoms with Crippen LogP contribution in [0.4, 0.5) is 11.5 Å². The van der Waals surface area contributed by atoms with Crippen molar-refractivity contribution in [1.82, 2.24) is 9.97 Å². The Labute approximate surface area is 136 Å². The van der Waals surface area contributed by atoms with Crippen LogP contribution in [0.3, 0.4) is 0 Å². The predicted molar refractivity (Wildman–Crippen MR) is 87.9 cm³/mol. The summed E-state index contributed by atoms with van der Waals surface area (Å²) < 4.78 is 0.844. The molecule has 2 N–H and O–H groups in total. The summed E-state index contributed by atoms with van der Waals surface area (Å²) in [6.07, 6.45) is 3.96. The Morgan fingerprint density at radius 2 is 2.19 bits per heavy atom. The first kappa shape index (κ1) is 15.7. The minimum atomic E-state index is -0.355. The molecule has 5 nitrogen and oxygen atoms in total. The minimum Gasteiger partial charge on any atom is -0.369 e. The van der Waals surface area contributed by atoms with Crippen molar-refractivity contribution in [3.63, 3.8) is 0 Å². The molecule has 1 aromatic carbocycles. The Morgan fingerprint density at radius 3 is 2.90 bits per heavy atom. The molecule has 2 rings (SSSR count). The molecule has 0 atom stereocenters. The highest BCUT2D eigenvalue weighted by Gasteiger charge is 2.11. The van der Waals surface area contributed by atoms with Crippen LogP contribution >= 0.6 is 27.5 Å². The van der Waals surface area contributed by atoms with Crippen molar-refractivity contribution >= 4 is 44.9 Å². The third kappa shape index (κ3) is 4.41. The number of anilines is 2. The molecule has 0 fully saturated rings. The molecule has 0 aliphatic carbocycles. The van der Waals surface area contributed by atoms with E-state index in [1.165, 1.54) is 6.20 Å². The highest BCUT2D eigenvalue weighted by atomic mass is 79.9. The number of carbonyl (C=O) groups excluding carboxylic acids is 1. The maximum Gasteiger partial charge on any atom is 0.275 e. The van der Waals surface area contributed by atoms with Crippen LogP contribution in [-0.4, -0.2) is 22.4 Å². The largest absolute Gasteiger partial charge is 0.369 e. The van der Waals surface area contributed by atoms with E-state index in [1.807, 2.05) is 6.92 Å². The fraction of sp³-hybridized carbons (Fsp3) is 0.214. The maximum atomic E-state index is 12.2. The van der Waals surface area contributed by atoms with Crippen LogP contribution in [-0.2, 0) is 0 Å². The quantitative estimate of drug-likeness (QED) is 0.837. The SMILES string of the molecule is CCCNc1cncc(C(=O)Nc2ccc(Br)cc2Cl)n1. The first-order valence-corrected chi connectivity index (χ1v) is 7.59. The molecule has 1 heterocycles. The fourth-order valence-electron chi connectivity index (χ4n) is 1.59. The van der Waals surface area contributed by atoms with E-state index in [1.54, 1.807) is 24.4 Å². The van der Waals surface area contributed by atoms with Gasteiger partial charge in [0.25, 0.3) is 5.91 Å². The minimum absolute atomic E-state index is 0.232. The van der Waals surface area contributed by atoms with Gasteiger partial charge in [-0.2, -0.15) is 0 Å². The standard InChI is InChI=1S/C14H14BrClN4O/c1-2-5-18-13-8-17-7-12(19-13)14(21)20-11-4-3-9(15)6-10(11)16/h3-4,6-8H,2,5H2,1H3,(H,18,19)(H,20,21). The topological polar surface area (TPSA) is 66.9 Å². The van der Waals surface area contributed by atoms with Gasteiger partial charge in [0.2, 0.25) is 0 Å². The van der Waals surface area contributed by atoms with Gasteiger partial charge < -0.3 is 10.6 Å². The summed E-state index contributed by atoms with van der Waals surface area (Å²) in [5.74, 6) is 0.221. The first-order chi connectivity index (χ1) is 10.1. The summed E-state index contributed by atoms with van der Waals surface area (Å²) in [6.45, 7) is 2.82. The second kappa shape index (κ2) is 7.38. The van der Waals surface area contributed by atoms with Gasteiger partial charge in [0.15, 0.2) is 0 Å². The van der Waals surface area contributed by atoms with Gasteiger partial charge in [-0.25, -0.2) is 4.98 Å². The van der Waals surface area contributed by atoms with E-state index in [0.717, 1.165) is 17.4 Å². The summed E-state index contributed by atoms with van der Waals surface area (Å²) in [5, 5.41) is 6.25. The fourth-order valence-corrected chi connectivity index (χ4v) is 2.31. The van der Waals surface area contributed by atoms with E-state index in [0.29, 0.717) is 16.5 Å². The molecule has 0 spiro atoms. The average Bonchev–Trinajstić information content (AvgIpc) is 2.48. The highest BCUT2D eigenvalue weighted by Crippen LogP contribution is 2.25. The Hall–Kier alpha value is -1.66. The van der Waals surface area contributed by atoms with Crippen LogP contribution in [0.25, 0.3) is 0 Å². The molecule has 21 heavy (non-hydrogen) atoms. The second-order valence-electron chi connectivity index (χ2n) is 4.29. The number of rotatable bonds is 5. The van der Waals surface area contributed by atoms with Crippen molar-refractivity contribution in [1.29, 1.82) is 0 Å². The normalized spacial score (nSPS) is 10.2. The molecule has 1 aromatic heterocycles. The maximum absolute atomic E-state index is 12.2. The van der Waals surface area contributed by atoms with E-state index in [9.17, 15) is 4.79 Å². The van der Waals surface area contributed by atoms with Gasteiger partial charge in [-0.3, -0.25) is 9.78 Å². The smallest absolute Gasteiger partial charge is 0.275 e. The molecule has 2 aromatic rings. The zero-order chi connectivity index (χ0) is 15.2. The molecule has 0 unspecified atom stereocenters. The van der Waals surface area contributed by atoms with E-state index in [2.05, 4.69) is 36.5 Å². The lowest BCUT2D eigenvalue weighted by Gasteiger charge is -2.08. The molecular formula is C14H14BrClN4O. The summed E-state index contributed by atoms with van der Waals surface area (Å²) in [5.41, 5.74) is 0.758. The Bertz CT molecular complexity index is 651. The average molecular weight is 370 g/mol. The summed E-state index contributed by atoms with van der Waals surface area (Å²) >= 11 is 9.38. The van der Waals surface area contributed by atoms with Crippen LogP contribution in [0.2, 0.25) is 5.02 Å². The van der Waals surface area contributed by atoms with Crippen molar-refractivity contribution in [3.8, 4) is 0 Å². The van der Waals surface area contributed by atoms with Crippen LogP contribution in [0.5, 0.6) is 0 Å². The van der Waals surface area contributed by atoms with Crippen LogP contribution in [0.1, 0.15) is 23.8 Å². The first-order valence-electron chi connectivity index (χ1n) is 6.42. The number of benzene rings is 1. The van der Waals surface area contributed by atoms with Gasteiger partial charge in [-0.15, -0.1) is 0 Å². The van der Waals surface area contributed by atoms with E-state index in [-0.39, 0.29) is 11.6 Å². The number of hydrogen-bond acceptors (Lipinski definition) is 4. The molecule has 0 saturated heterocycles. The van der Waals surface area contributed by atoms with Gasteiger partial charge in [0.05, 0.1) is 23.1 Å². The third-order valence-electron chi connectivity index (χ3n) is 2.60. The number of halogens is 2. The Morgan fingerprint density at radius 1 is 1.38 bits per heavy atom. The van der Waals surface area contributed by atoms with E-state index in [4.69, 9.17) is 11.6 Å². The number of nitrogens with one attached hydrogen (secondary N) is 2. The van der Waals surface area contributed by atoms with Crippen molar-refractivity contribution in [2.24, 2.45) is 0 Å². The second-order valence-corrected chi connectivity index (χ2v) is 5.62. The molecule has 0 radical (unpaired) electrons. The lowest BCUT2D eigenvalue weighted by molar-refractivity contribution is 0.102. The van der Waals surface area contributed by atoms with Gasteiger partial charge in [-0.05, 0) is 24.6 Å². The Kier molecular flexibility index (Phi) is 5.52. The molecule has 7 heteroatoms. The van der Waals surface area contributed by atoms with Crippen LogP contribution in [0.15, 0.2) is 35.1 Å². The summed E-state index contributed by atoms with van der Waals surface area (Å²) in [6, 6.07) is 5.23. The number of carbonyl (C=O) groups is 1. The number of aromatic nitrogens is 2. The number of nitrogens with zero attached hydrogens (tertiary/aromatic N) is 2. The van der Waals surface area contributed by atoms with Crippen molar-refractivity contribution < 1.29 is 4.79 Å². The Balaban J connectivity index is 2.12. The van der Waals surface area contributed by atoms with Crippen molar-refractivity contribution in [2.75, 3.05) is 17.2 Å². The summed E-state index contributed by atoms with van der Waals surface area (Å²) in [4.78, 5) is 20.4. The third-order valence-corrected chi connectivity index (χ3v) is 3.41. The predicted octanol–water partition coefficient (Wildman–Crippen LogP) is 3.97. The van der Waals surface area contributed by atoms with Crippen LogP contribution in [0, 0.1) is 0 Å². The van der Waals surface area contributed by atoms with Crippen LogP contribution < -0.4 is 10.6 Å². The van der Waals surface area contributed by atoms with E-state index >= 15 is 0 Å². The van der Waals surface area contributed by atoms with E-state index < -0.39 is 0 Å². The molecule has 0 bridgehead atoms. The zero-order valence-corrected chi connectivity index (χ0v) is 13.7. The summed E-state index contributed by atoms with van der Waals surface area (Å²) in [7, 11) is 0.